The third-order valence-electron chi connectivity index (χ3n) is 6.46. The number of fused-ring (bicyclic) bond motifs is 1. The summed E-state index contributed by atoms with van der Waals surface area (Å²) in [6, 6.07) is 20.9. The van der Waals surface area contributed by atoms with Crippen LogP contribution in [0.2, 0.25) is 0 Å². The van der Waals surface area contributed by atoms with Crippen LogP contribution in [0, 0.1) is 0 Å². The van der Waals surface area contributed by atoms with Crippen LogP contribution in [-0.4, -0.2) is 36.8 Å². The first kappa shape index (κ1) is 24.1. The molecule has 35 heavy (non-hydrogen) atoms. The van der Waals surface area contributed by atoms with Crippen molar-refractivity contribution < 1.29 is 19.0 Å². The van der Waals surface area contributed by atoms with Crippen molar-refractivity contribution in [2.75, 3.05) is 21.3 Å². The first-order valence-electron chi connectivity index (χ1n) is 11.6. The average molecular weight is 474 g/mol. The zero-order chi connectivity index (χ0) is 25.0. The maximum absolute atomic E-state index is 13.6. The number of hydrogen-bond donors (Lipinski definition) is 1. The van der Waals surface area contributed by atoms with Gasteiger partial charge < -0.3 is 24.5 Å². The third kappa shape index (κ3) is 4.18. The van der Waals surface area contributed by atoms with Gasteiger partial charge in [-0.25, -0.2) is 4.98 Å². The van der Waals surface area contributed by atoms with Crippen molar-refractivity contribution in [3.63, 3.8) is 0 Å². The van der Waals surface area contributed by atoms with E-state index < -0.39 is 11.4 Å². The Morgan fingerprint density at radius 1 is 0.943 bits per heavy atom. The second-order valence-electron chi connectivity index (χ2n) is 8.38. The highest BCUT2D eigenvalue weighted by Gasteiger charge is 2.43. The number of methoxy groups -OCH3 is 3. The minimum atomic E-state index is -1.18. The number of ether oxygens (including phenoxy) is 3. The Kier molecular flexibility index (Phi) is 6.96. The second-order valence-corrected chi connectivity index (χ2v) is 8.38. The molecule has 0 saturated carbocycles. The van der Waals surface area contributed by atoms with Gasteiger partial charge in [0.15, 0.2) is 0 Å². The van der Waals surface area contributed by atoms with Gasteiger partial charge in [0.05, 0.1) is 37.9 Å². The Morgan fingerprint density at radius 3 is 2.26 bits per heavy atom. The molecule has 1 unspecified atom stereocenters. The molecule has 0 saturated heterocycles. The van der Waals surface area contributed by atoms with E-state index in [-0.39, 0.29) is 0 Å². The van der Waals surface area contributed by atoms with Crippen LogP contribution in [0.5, 0.6) is 17.2 Å². The molecular weight excluding hydrogens is 442 g/mol. The van der Waals surface area contributed by atoms with Crippen LogP contribution in [0.25, 0.3) is 22.4 Å². The fourth-order valence-electron chi connectivity index (χ4n) is 4.64. The molecule has 0 radical (unpaired) electrons. The molecule has 0 aliphatic rings. The Hall–Kier alpha value is -4.00. The molecule has 0 fully saturated rings. The number of rotatable bonds is 10. The number of primary amides is 1. The average Bonchev–Trinajstić information content (AvgIpc) is 3.28. The molecule has 0 aliphatic heterocycles. The fourth-order valence-corrected chi connectivity index (χ4v) is 4.64. The van der Waals surface area contributed by atoms with E-state index in [9.17, 15) is 4.79 Å². The SMILES string of the molecule is CCCCC(C(N)=O)(c1ccc(OC)cc1)n1c(-c2ccc(OC)cc2OC)nc2ccccc21. The number of nitrogens with zero attached hydrogens (tertiary/aromatic N) is 2. The van der Waals surface area contributed by atoms with E-state index in [4.69, 9.17) is 24.9 Å². The van der Waals surface area contributed by atoms with Gasteiger partial charge in [-0.2, -0.15) is 0 Å². The van der Waals surface area contributed by atoms with Crippen LogP contribution >= 0.6 is 0 Å². The molecule has 0 bridgehead atoms. The molecule has 2 N–H and O–H groups in total. The molecule has 182 valence electrons. The molecule has 7 nitrogen and oxygen atoms in total. The third-order valence-corrected chi connectivity index (χ3v) is 6.46. The molecule has 0 aliphatic carbocycles. The summed E-state index contributed by atoms with van der Waals surface area (Å²) in [6.45, 7) is 2.10. The lowest BCUT2D eigenvalue weighted by atomic mass is 9.83. The molecule has 0 spiro atoms. The number of amides is 1. The van der Waals surface area contributed by atoms with Gasteiger partial charge in [-0.15, -0.1) is 0 Å². The molecule has 1 amide bonds. The van der Waals surface area contributed by atoms with E-state index >= 15 is 0 Å². The van der Waals surface area contributed by atoms with E-state index in [1.807, 2.05) is 71.3 Å². The number of aromatic nitrogens is 2. The van der Waals surface area contributed by atoms with Crippen LogP contribution in [0.15, 0.2) is 66.7 Å². The summed E-state index contributed by atoms with van der Waals surface area (Å²) in [4.78, 5) is 18.5. The molecular formula is C28H31N3O4. The van der Waals surface area contributed by atoms with E-state index in [2.05, 4.69) is 6.92 Å². The van der Waals surface area contributed by atoms with Gasteiger partial charge in [0.25, 0.3) is 0 Å². The van der Waals surface area contributed by atoms with Gasteiger partial charge in [-0.3, -0.25) is 4.79 Å². The van der Waals surface area contributed by atoms with Crippen molar-refractivity contribution >= 4 is 16.9 Å². The van der Waals surface area contributed by atoms with Crippen molar-refractivity contribution in [2.45, 2.75) is 31.7 Å². The Balaban J connectivity index is 2.10. The topological polar surface area (TPSA) is 88.6 Å². The van der Waals surface area contributed by atoms with E-state index in [1.165, 1.54) is 0 Å². The largest absolute Gasteiger partial charge is 0.497 e. The highest BCUT2D eigenvalue weighted by Crippen LogP contribution is 2.42. The van der Waals surface area contributed by atoms with E-state index in [1.54, 1.807) is 21.3 Å². The lowest BCUT2D eigenvalue weighted by Crippen LogP contribution is -2.47. The quantitative estimate of drug-likeness (QED) is 0.344. The van der Waals surface area contributed by atoms with Crippen molar-refractivity contribution in [1.82, 2.24) is 9.55 Å². The summed E-state index contributed by atoms with van der Waals surface area (Å²) >= 11 is 0. The number of nitrogens with two attached hydrogens (primary N) is 1. The van der Waals surface area contributed by atoms with Crippen LogP contribution in [-0.2, 0) is 10.3 Å². The van der Waals surface area contributed by atoms with Gasteiger partial charge in [-0.05, 0) is 48.4 Å². The Bertz CT molecular complexity index is 1330. The van der Waals surface area contributed by atoms with Gasteiger partial charge in [0.1, 0.15) is 28.6 Å². The van der Waals surface area contributed by atoms with Crippen molar-refractivity contribution in [1.29, 1.82) is 0 Å². The minimum absolute atomic E-state index is 0.451. The van der Waals surface area contributed by atoms with Gasteiger partial charge in [0, 0.05) is 6.07 Å². The monoisotopic (exact) mass is 473 g/mol. The van der Waals surface area contributed by atoms with Crippen LogP contribution in [0.4, 0.5) is 0 Å². The van der Waals surface area contributed by atoms with E-state index in [0.717, 1.165) is 35.0 Å². The highest BCUT2D eigenvalue weighted by molar-refractivity contribution is 5.92. The summed E-state index contributed by atoms with van der Waals surface area (Å²) in [7, 11) is 4.83. The number of carbonyl (C=O) groups excluding carboxylic acids is 1. The summed E-state index contributed by atoms with van der Waals surface area (Å²) in [5, 5.41) is 0. The van der Waals surface area contributed by atoms with Crippen LogP contribution < -0.4 is 19.9 Å². The smallest absolute Gasteiger partial charge is 0.248 e. The number of benzene rings is 3. The maximum Gasteiger partial charge on any atom is 0.248 e. The van der Waals surface area contributed by atoms with Crippen LogP contribution in [0.3, 0.4) is 0 Å². The van der Waals surface area contributed by atoms with E-state index in [0.29, 0.717) is 29.5 Å². The number of hydrogen-bond acceptors (Lipinski definition) is 5. The zero-order valence-electron chi connectivity index (χ0n) is 20.6. The van der Waals surface area contributed by atoms with Gasteiger partial charge in [0.2, 0.25) is 5.91 Å². The predicted octanol–water partition coefficient (Wildman–Crippen LogP) is 5.15. The van der Waals surface area contributed by atoms with Crippen LogP contribution in [0.1, 0.15) is 31.7 Å². The van der Waals surface area contributed by atoms with Crippen molar-refractivity contribution in [2.24, 2.45) is 5.73 Å². The highest BCUT2D eigenvalue weighted by atomic mass is 16.5. The maximum atomic E-state index is 13.6. The minimum Gasteiger partial charge on any atom is -0.497 e. The first-order valence-corrected chi connectivity index (χ1v) is 11.6. The molecule has 7 heteroatoms. The number of para-hydroxylation sites is 2. The lowest BCUT2D eigenvalue weighted by molar-refractivity contribution is -0.124. The standard InChI is InChI=1S/C28H31N3O4/c1-5-6-17-28(27(29)32,19-11-13-20(33-2)14-12-19)31-24-10-8-7-9-23(24)30-26(31)22-16-15-21(34-3)18-25(22)35-4/h7-16,18H,5-6,17H2,1-4H3,(H2,29,32). The zero-order valence-corrected chi connectivity index (χ0v) is 20.6. The number of imidazole rings is 1. The Labute approximate surface area is 205 Å². The molecule has 4 rings (SSSR count). The number of carbonyl (C=O) groups is 1. The summed E-state index contributed by atoms with van der Waals surface area (Å²) in [6.07, 6.45) is 2.21. The fraction of sp³-hybridized carbons (Fsp3) is 0.286. The second kappa shape index (κ2) is 10.1. The van der Waals surface area contributed by atoms with Gasteiger partial charge >= 0.3 is 0 Å². The molecule has 1 heterocycles. The summed E-state index contributed by atoms with van der Waals surface area (Å²) < 4.78 is 18.5. The Morgan fingerprint density at radius 2 is 1.63 bits per heavy atom. The lowest BCUT2D eigenvalue weighted by Gasteiger charge is -2.35. The summed E-state index contributed by atoms with van der Waals surface area (Å²) in [5.74, 6) is 2.10. The first-order chi connectivity index (χ1) is 17.0. The molecule has 4 aromatic rings. The van der Waals surface area contributed by atoms with Crippen molar-refractivity contribution in [3.05, 3.63) is 72.3 Å². The molecule has 1 atom stereocenters. The molecule has 3 aromatic carbocycles. The summed E-state index contributed by atoms with van der Waals surface area (Å²) in [5.41, 5.74) is 8.19. The predicted molar refractivity (Wildman–Crippen MR) is 137 cm³/mol. The normalized spacial score (nSPS) is 12.8. The van der Waals surface area contributed by atoms with Gasteiger partial charge in [-0.1, -0.05) is 44.0 Å². The number of unbranched alkanes of at least 4 members (excludes halogenated alkanes) is 1. The van der Waals surface area contributed by atoms with Crippen molar-refractivity contribution in [3.8, 4) is 28.6 Å². The molecule has 1 aromatic heterocycles.